The number of nitrogen functional groups attached to an aromatic ring is 1. The van der Waals surface area contributed by atoms with Crippen LogP contribution in [0.15, 0.2) is 18.2 Å². The van der Waals surface area contributed by atoms with E-state index in [2.05, 4.69) is 5.10 Å². The quantitative estimate of drug-likeness (QED) is 0.921. The summed E-state index contributed by atoms with van der Waals surface area (Å²) in [4.78, 5) is 0. The molecule has 0 radical (unpaired) electrons. The number of hydrogen-bond donors (Lipinski definition) is 1. The average molecular weight is 275 g/mol. The predicted molar refractivity (Wildman–Crippen MR) is 74.8 cm³/mol. The first-order valence-electron chi connectivity index (χ1n) is 6.41. The van der Waals surface area contributed by atoms with Crippen molar-refractivity contribution in [1.82, 2.24) is 9.78 Å². The number of methoxy groups -OCH3 is 1. The summed E-state index contributed by atoms with van der Waals surface area (Å²) in [6.07, 6.45) is 0. The van der Waals surface area contributed by atoms with E-state index in [1.54, 1.807) is 11.8 Å². The Balaban J connectivity index is 2.14. The van der Waals surface area contributed by atoms with Crippen LogP contribution in [0.1, 0.15) is 5.56 Å². The van der Waals surface area contributed by atoms with Gasteiger partial charge >= 0.3 is 0 Å². The van der Waals surface area contributed by atoms with E-state index < -0.39 is 0 Å². The number of rotatable bonds is 3. The molecule has 0 fully saturated rings. The van der Waals surface area contributed by atoms with Crippen molar-refractivity contribution in [3.8, 4) is 22.8 Å². The lowest BCUT2D eigenvalue weighted by Crippen LogP contribution is -2.17. The fraction of sp³-hybridized carbons (Fsp3) is 0.357. The molecule has 6 nitrogen and oxygen atoms in total. The molecule has 0 unspecified atom stereocenters. The van der Waals surface area contributed by atoms with E-state index in [0.29, 0.717) is 25.6 Å². The van der Waals surface area contributed by atoms with Crippen molar-refractivity contribution in [2.75, 3.05) is 26.1 Å². The second kappa shape index (κ2) is 5.05. The maximum absolute atomic E-state index is 5.85. The van der Waals surface area contributed by atoms with E-state index >= 15 is 0 Å². The maximum atomic E-state index is 5.85. The van der Waals surface area contributed by atoms with Gasteiger partial charge in [0.25, 0.3) is 0 Å². The summed E-state index contributed by atoms with van der Waals surface area (Å²) >= 11 is 0. The van der Waals surface area contributed by atoms with Gasteiger partial charge in [0.2, 0.25) is 0 Å². The highest BCUT2D eigenvalue weighted by molar-refractivity contribution is 5.71. The van der Waals surface area contributed by atoms with Gasteiger partial charge in [-0.3, -0.25) is 4.68 Å². The zero-order valence-corrected chi connectivity index (χ0v) is 11.5. The summed E-state index contributed by atoms with van der Waals surface area (Å²) in [6.45, 7) is 1.53. The Hall–Kier alpha value is -2.21. The topological polar surface area (TPSA) is 71.5 Å². The number of fused-ring (bicyclic) bond motifs is 1. The van der Waals surface area contributed by atoms with E-state index in [0.717, 1.165) is 28.3 Å². The van der Waals surface area contributed by atoms with Gasteiger partial charge in [-0.2, -0.15) is 5.10 Å². The first kappa shape index (κ1) is 12.8. The molecular weight excluding hydrogens is 258 g/mol. The molecule has 0 aliphatic carbocycles. The minimum absolute atomic E-state index is 0.429. The van der Waals surface area contributed by atoms with Gasteiger partial charge in [-0.25, -0.2) is 0 Å². The van der Waals surface area contributed by atoms with Crippen LogP contribution in [0, 0.1) is 0 Å². The van der Waals surface area contributed by atoms with Crippen molar-refractivity contribution in [1.29, 1.82) is 0 Å². The minimum atomic E-state index is 0.429. The van der Waals surface area contributed by atoms with E-state index in [4.69, 9.17) is 19.9 Å². The van der Waals surface area contributed by atoms with Gasteiger partial charge in [0.05, 0.1) is 12.3 Å². The first-order valence-corrected chi connectivity index (χ1v) is 6.41. The third-order valence-electron chi connectivity index (χ3n) is 3.29. The molecule has 0 bridgehead atoms. The molecule has 106 valence electrons. The number of aromatic nitrogens is 2. The summed E-state index contributed by atoms with van der Waals surface area (Å²) in [5.74, 6) is 2.09. The van der Waals surface area contributed by atoms with Crippen LogP contribution in [-0.4, -0.2) is 30.1 Å². The van der Waals surface area contributed by atoms with Crippen LogP contribution >= 0.6 is 0 Å². The van der Waals surface area contributed by atoms with E-state index in [1.165, 1.54) is 0 Å². The average Bonchev–Trinajstić information content (AvgIpc) is 2.79. The molecule has 1 aliphatic heterocycles. The lowest BCUT2D eigenvalue weighted by atomic mass is 10.0. The number of nitrogens with two attached hydrogens (primary N) is 1. The van der Waals surface area contributed by atoms with Crippen molar-refractivity contribution in [3.63, 3.8) is 0 Å². The normalized spacial score (nSPS) is 13.5. The largest absolute Gasteiger partial charge is 0.486 e. The van der Waals surface area contributed by atoms with Crippen molar-refractivity contribution in [3.05, 3.63) is 23.8 Å². The minimum Gasteiger partial charge on any atom is -0.486 e. The second-order valence-corrected chi connectivity index (χ2v) is 4.63. The van der Waals surface area contributed by atoms with Crippen molar-refractivity contribution in [2.45, 2.75) is 6.61 Å². The molecule has 2 aromatic rings. The fourth-order valence-corrected chi connectivity index (χ4v) is 2.31. The lowest BCUT2D eigenvalue weighted by molar-refractivity contribution is 0.153. The molecule has 0 saturated heterocycles. The zero-order chi connectivity index (χ0) is 14.1. The van der Waals surface area contributed by atoms with Gasteiger partial charge in [-0.1, -0.05) is 0 Å². The third kappa shape index (κ3) is 2.08. The molecule has 2 N–H and O–H groups in total. The Bertz CT molecular complexity index is 617. The fourth-order valence-electron chi connectivity index (χ4n) is 2.31. The molecule has 2 heterocycles. The molecule has 1 aliphatic rings. The van der Waals surface area contributed by atoms with E-state index in [-0.39, 0.29) is 0 Å². The van der Waals surface area contributed by atoms with Gasteiger partial charge in [0.15, 0.2) is 11.5 Å². The Morgan fingerprint density at radius 1 is 1.35 bits per heavy atom. The third-order valence-corrected chi connectivity index (χ3v) is 3.29. The molecule has 3 rings (SSSR count). The summed E-state index contributed by atoms with van der Waals surface area (Å²) in [6, 6.07) is 5.70. The van der Waals surface area contributed by atoms with Gasteiger partial charge in [-0.15, -0.1) is 0 Å². The predicted octanol–water partition coefficient (Wildman–Crippen LogP) is 1.59. The number of anilines is 1. The molecule has 0 spiro atoms. The zero-order valence-electron chi connectivity index (χ0n) is 11.5. The maximum Gasteiger partial charge on any atom is 0.167 e. The highest BCUT2D eigenvalue weighted by Gasteiger charge is 2.21. The van der Waals surface area contributed by atoms with E-state index in [1.807, 2.05) is 25.2 Å². The van der Waals surface area contributed by atoms with Gasteiger partial charge in [-0.05, 0) is 12.1 Å². The summed E-state index contributed by atoms with van der Waals surface area (Å²) in [5.41, 5.74) is 8.53. The Kier molecular flexibility index (Phi) is 3.23. The Labute approximate surface area is 117 Å². The number of nitrogens with zero attached hydrogens (tertiary/aromatic N) is 2. The van der Waals surface area contributed by atoms with Crippen LogP contribution in [0.5, 0.6) is 11.5 Å². The lowest BCUT2D eigenvalue weighted by Gasteiger charge is -2.22. The van der Waals surface area contributed by atoms with Crippen molar-refractivity contribution in [2.24, 2.45) is 7.05 Å². The number of benzene rings is 1. The van der Waals surface area contributed by atoms with Crippen molar-refractivity contribution >= 4 is 5.82 Å². The summed E-state index contributed by atoms with van der Waals surface area (Å²) in [7, 11) is 3.46. The smallest absolute Gasteiger partial charge is 0.167 e. The highest BCUT2D eigenvalue weighted by atomic mass is 16.6. The van der Waals surface area contributed by atoms with Crippen LogP contribution in [0.25, 0.3) is 11.3 Å². The molecule has 0 atom stereocenters. The monoisotopic (exact) mass is 275 g/mol. The van der Waals surface area contributed by atoms with Gasteiger partial charge in [0, 0.05) is 31.4 Å². The summed E-state index contributed by atoms with van der Waals surface area (Å²) in [5, 5.41) is 4.41. The highest BCUT2D eigenvalue weighted by Crippen LogP contribution is 2.40. The SMILES string of the molecule is COCc1c(-c2cc(N)n(C)n2)ccc2c1OCCO2. The van der Waals surface area contributed by atoms with Crippen molar-refractivity contribution < 1.29 is 14.2 Å². The molecule has 6 heteroatoms. The number of hydrogen-bond acceptors (Lipinski definition) is 5. The van der Waals surface area contributed by atoms with Gasteiger partial charge in [0.1, 0.15) is 19.0 Å². The molecule has 1 aromatic heterocycles. The number of ether oxygens (including phenoxy) is 3. The number of aryl methyl sites for hydroxylation is 1. The summed E-state index contributed by atoms with van der Waals surface area (Å²) < 4.78 is 18.3. The Morgan fingerprint density at radius 2 is 2.15 bits per heavy atom. The molecule has 20 heavy (non-hydrogen) atoms. The van der Waals surface area contributed by atoms with Crippen LogP contribution in [0.2, 0.25) is 0 Å². The van der Waals surface area contributed by atoms with Crippen LogP contribution in [0.4, 0.5) is 5.82 Å². The van der Waals surface area contributed by atoms with E-state index in [9.17, 15) is 0 Å². The van der Waals surface area contributed by atoms with Crippen LogP contribution < -0.4 is 15.2 Å². The molecule has 0 saturated carbocycles. The second-order valence-electron chi connectivity index (χ2n) is 4.63. The van der Waals surface area contributed by atoms with Crippen LogP contribution in [0.3, 0.4) is 0 Å². The molecule has 0 amide bonds. The van der Waals surface area contributed by atoms with Gasteiger partial charge < -0.3 is 19.9 Å². The molecule has 1 aromatic carbocycles. The first-order chi connectivity index (χ1) is 9.70. The Morgan fingerprint density at radius 3 is 2.85 bits per heavy atom. The van der Waals surface area contributed by atoms with Crippen LogP contribution in [-0.2, 0) is 18.4 Å². The standard InChI is InChI=1S/C14H17N3O3/c1-17-13(15)7-11(16-17)9-3-4-12-14(10(9)8-18-2)20-6-5-19-12/h3-4,7H,5-6,8,15H2,1-2H3. The molecular formula is C14H17N3O3.